The Morgan fingerprint density at radius 1 is 0.943 bits per heavy atom. The van der Waals surface area contributed by atoms with Gasteiger partial charge >= 0.3 is 12.1 Å². The van der Waals surface area contributed by atoms with Gasteiger partial charge in [0.1, 0.15) is 30.0 Å². The van der Waals surface area contributed by atoms with Crippen molar-refractivity contribution in [2.24, 2.45) is 0 Å². The van der Waals surface area contributed by atoms with E-state index < -0.39 is 71.9 Å². The number of hydrogen-bond donors (Lipinski definition) is 2. The summed E-state index contributed by atoms with van der Waals surface area (Å²) in [5.41, 5.74) is -0.750. The smallest absolute Gasteiger partial charge is 0.407 e. The summed E-state index contributed by atoms with van der Waals surface area (Å²) in [5, 5.41) is 5.41. The van der Waals surface area contributed by atoms with Crippen LogP contribution in [0, 0.1) is 0 Å². The van der Waals surface area contributed by atoms with E-state index >= 15 is 0 Å². The molecule has 3 rings (SSSR count). The number of alkyl carbamates (subject to hydrolysis) is 1. The van der Waals surface area contributed by atoms with E-state index in [1.807, 2.05) is 0 Å². The third-order valence-corrected chi connectivity index (χ3v) is 5.57. The van der Waals surface area contributed by atoms with Crippen LogP contribution in [-0.4, -0.2) is 85.5 Å². The second-order valence-electron chi connectivity index (χ2n) is 10.8. The standard InChI is InChI=1S/C23H38N2O10/c1-21(2,3)35-20(28)25-12(11-13(26)24-10-9-14(27)29-8)15-16-17(32-22(4,5)31-16)18-19(30-15)34-23(6,7)33-18/h12,15-19H,9-11H2,1-8H3,(H,24,26)(H,25,28)/t12-,15-,16+,17+,18-,19-/m1/s1. The van der Waals surface area contributed by atoms with Gasteiger partial charge in [0.25, 0.3) is 0 Å². The van der Waals surface area contributed by atoms with Gasteiger partial charge in [-0.3, -0.25) is 9.59 Å². The number of hydrogen-bond acceptors (Lipinski definition) is 10. The Labute approximate surface area is 205 Å². The summed E-state index contributed by atoms with van der Waals surface area (Å²) in [7, 11) is 1.27. The van der Waals surface area contributed by atoms with Crippen molar-refractivity contribution in [3.63, 3.8) is 0 Å². The number of ether oxygens (including phenoxy) is 7. The fourth-order valence-corrected chi connectivity index (χ4v) is 4.35. The van der Waals surface area contributed by atoms with Crippen molar-refractivity contribution in [1.29, 1.82) is 0 Å². The lowest BCUT2D eigenvalue weighted by atomic mass is 9.92. The maximum atomic E-state index is 12.7. The summed E-state index contributed by atoms with van der Waals surface area (Å²) < 4.78 is 40.5. The molecule has 3 fully saturated rings. The molecule has 12 heteroatoms. The van der Waals surface area contributed by atoms with Gasteiger partial charge in [0.05, 0.1) is 19.6 Å². The van der Waals surface area contributed by atoms with Gasteiger partial charge in [-0.05, 0) is 48.5 Å². The van der Waals surface area contributed by atoms with Gasteiger partial charge in [0.15, 0.2) is 17.9 Å². The first-order valence-electron chi connectivity index (χ1n) is 11.8. The summed E-state index contributed by atoms with van der Waals surface area (Å²) in [4.78, 5) is 36.8. The summed E-state index contributed by atoms with van der Waals surface area (Å²) in [5.74, 6) is -2.71. The predicted octanol–water partition coefficient (Wildman–Crippen LogP) is 1.35. The lowest BCUT2D eigenvalue weighted by Gasteiger charge is -2.41. The van der Waals surface area contributed by atoms with Gasteiger partial charge in [-0.25, -0.2) is 4.79 Å². The second-order valence-corrected chi connectivity index (χ2v) is 10.8. The van der Waals surface area contributed by atoms with Crippen LogP contribution in [0.3, 0.4) is 0 Å². The van der Waals surface area contributed by atoms with E-state index in [1.54, 1.807) is 48.5 Å². The van der Waals surface area contributed by atoms with E-state index in [2.05, 4.69) is 15.4 Å². The van der Waals surface area contributed by atoms with Crippen LogP contribution in [0.1, 0.15) is 61.3 Å². The molecular weight excluding hydrogens is 464 g/mol. The molecule has 0 aromatic heterocycles. The quantitative estimate of drug-likeness (QED) is 0.490. The third-order valence-electron chi connectivity index (χ3n) is 5.57. The van der Waals surface area contributed by atoms with E-state index in [9.17, 15) is 14.4 Å². The number of carbonyl (C=O) groups excluding carboxylic acids is 3. The lowest BCUT2D eigenvalue weighted by Crippen LogP contribution is -2.62. The second kappa shape index (κ2) is 10.2. The van der Waals surface area contributed by atoms with Crippen molar-refractivity contribution in [3.8, 4) is 0 Å². The van der Waals surface area contributed by atoms with Crippen molar-refractivity contribution in [2.75, 3.05) is 13.7 Å². The number of nitrogens with one attached hydrogen (secondary N) is 2. The largest absolute Gasteiger partial charge is 0.469 e. The molecule has 3 heterocycles. The number of esters is 1. The highest BCUT2D eigenvalue weighted by Crippen LogP contribution is 2.45. The van der Waals surface area contributed by atoms with Crippen molar-refractivity contribution in [1.82, 2.24) is 10.6 Å². The zero-order valence-electron chi connectivity index (χ0n) is 21.7. The highest BCUT2D eigenvalue weighted by atomic mass is 16.9. The zero-order valence-corrected chi connectivity index (χ0v) is 21.7. The fraction of sp³-hybridized carbons (Fsp3) is 0.870. The number of carbonyl (C=O) groups is 3. The Bertz CT molecular complexity index is 809. The molecule has 0 radical (unpaired) electrons. The molecule has 3 saturated heterocycles. The summed E-state index contributed by atoms with van der Waals surface area (Å²) in [6.45, 7) is 12.4. The normalized spacial score (nSPS) is 31.6. The van der Waals surface area contributed by atoms with Gasteiger partial charge in [-0.2, -0.15) is 0 Å². The molecule has 0 unspecified atom stereocenters. The number of rotatable bonds is 7. The van der Waals surface area contributed by atoms with Crippen LogP contribution in [0.15, 0.2) is 0 Å². The van der Waals surface area contributed by atoms with Crippen molar-refractivity contribution in [2.45, 2.75) is 115 Å². The Hall–Kier alpha value is -1.99. The molecule has 200 valence electrons. The molecule has 35 heavy (non-hydrogen) atoms. The average Bonchev–Trinajstić information content (AvgIpc) is 3.18. The highest BCUT2D eigenvalue weighted by Gasteiger charge is 2.62. The molecule has 0 aliphatic carbocycles. The van der Waals surface area contributed by atoms with Crippen LogP contribution in [0.4, 0.5) is 4.79 Å². The Balaban J connectivity index is 1.80. The van der Waals surface area contributed by atoms with Crippen molar-refractivity contribution >= 4 is 18.0 Å². The van der Waals surface area contributed by atoms with E-state index in [0.717, 1.165) is 0 Å². The number of methoxy groups -OCH3 is 1. The number of fused-ring (bicyclic) bond motifs is 3. The Morgan fingerprint density at radius 2 is 1.54 bits per heavy atom. The van der Waals surface area contributed by atoms with Gasteiger partial charge in [-0.1, -0.05) is 0 Å². The van der Waals surface area contributed by atoms with Gasteiger partial charge in [-0.15, -0.1) is 0 Å². The zero-order chi connectivity index (χ0) is 26.2. The molecule has 6 atom stereocenters. The number of amides is 2. The molecule has 0 bridgehead atoms. The van der Waals surface area contributed by atoms with E-state index in [4.69, 9.17) is 28.4 Å². The first kappa shape index (κ1) is 27.6. The van der Waals surface area contributed by atoms with Crippen LogP contribution in [0.5, 0.6) is 0 Å². The molecule has 0 aromatic rings. The maximum Gasteiger partial charge on any atom is 0.407 e. The summed E-state index contributed by atoms with van der Waals surface area (Å²) in [6, 6.07) is -0.860. The maximum absolute atomic E-state index is 12.7. The molecule has 3 aliphatic rings. The summed E-state index contributed by atoms with van der Waals surface area (Å²) >= 11 is 0. The predicted molar refractivity (Wildman–Crippen MR) is 120 cm³/mol. The van der Waals surface area contributed by atoms with Crippen LogP contribution in [0.2, 0.25) is 0 Å². The topological polar surface area (TPSA) is 140 Å². The van der Waals surface area contributed by atoms with Crippen molar-refractivity contribution < 1.29 is 47.5 Å². The molecule has 2 amide bonds. The minimum absolute atomic E-state index is 0.0200. The average molecular weight is 503 g/mol. The minimum atomic E-state index is -0.943. The van der Waals surface area contributed by atoms with Crippen molar-refractivity contribution in [3.05, 3.63) is 0 Å². The van der Waals surface area contributed by atoms with Crippen LogP contribution in [-0.2, 0) is 42.7 Å². The SMILES string of the molecule is COC(=O)CCNC(=O)C[C@@H](NC(=O)OC(C)(C)C)[C@H]1O[C@@H]2OC(C)(C)O[C@@H]2[C@H]2OC(C)(C)O[C@H]21. The van der Waals surface area contributed by atoms with Crippen LogP contribution < -0.4 is 10.6 Å². The molecule has 0 aromatic carbocycles. The monoisotopic (exact) mass is 502 g/mol. The molecule has 2 N–H and O–H groups in total. The minimum Gasteiger partial charge on any atom is -0.469 e. The molecule has 12 nitrogen and oxygen atoms in total. The third kappa shape index (κ3) is 7.26. The molecule has 3 aliphatic heterocycles. The molecule has 0 spiro atoms. The van der Waals surface area contributed by atoms with Gasteiger partial charge in [0, 0.05) is 13.0 Å². The molecular formula is C23H38N2O10. The summed E-state index contributed by atoms with van der Waals surface area (Å²) in [6.07, 6.45) is -4.24. The van der Waals surface area contributed by atoms with E-state index in [-0.39, 0.29) is 19.4 Å². The van der Waals surface area contributed by atoms with Gasteiger partial charge in [0.2, 0.25) is 5.91 Å². The van der Waals surface area contributed by atoms with Gasteiger partial charge < -0.3 is 43.8 Å². The molecule has 0 saturated carbocycles. The highest BCUT2D eigenvalue weighted by molar-refractivity contribution is 5.78. The van der Waals surface area contributed by atoms with Crippen LogP contribution in [0.25, 0.3) is 0 Å². The van der Waals surface area contributed by atoms with E-state index in [1.165, 1.54) is 7.11 Å². The van der Waals surface area contributed by atoms with Crippen LogP contribution >= 0.6 is 0 Å². The lowest BCUT2D eigenvalue weighted by molar-refractivity contribution is -0.239. The fourth-order valence-electron chi connectivity index (χ4n) is 4.35. The first-order valence-corrected chi connectivity index (χ1v) is 11.8. The first-order chi connectivity index (χ1) is 16.1. The Kier molecular flexibility index (Phi) is 8.02. The van der Waals surface area contributed by atoms with E-state index in [0.29, 0.717) is 0 Å². The Morgan fingerprint density at radius 3 is 2.17 bits per heavy atom.